The van der Waals surface area contributed by atoms with Gasteiger partial charge in [-0.2, -0.15) is 0 Å². The van der Waals surface area contributed by atoms with Crippen molar-refractivity contribution in [3.63, 3.8) is 0 Å². The van der Waals surface area contributed by atoms with Crippen LogP contribution in [0.3, 0.4) is 0 Å². The molecular formula is C14H28N2O. The number of ether oxygens (including phenoxy) is 1. The highest BCUT2D eigenvalue weighted by Gasteiger charge is 2.29. The molecule has 0 amide bonds. The Labute approximate surface area is 106 Å². The summed E-state index contributed by atoms with van der Waals surface area (Å²) in [4.78, 5) is 2.61. The van der Waals surface area contributed by atoms with Gasteiger partial charge in [0.1, 0.15) is 0 Å². The molecule has 2 aliphatic heterocycles. The predicted octanol–water partition coefficient (Wildman–Crippen LogP) is 1.88. The maximum Gasteiger partial charge on any atom is 0.0588 e. The van der Waals surface area contributed by atoms with Gasteiger partial charge in [-0.1, -0.05) is 20.8 Å². The zero-order chi connectivity index (χ0) is 12.3. The van der Waals surface area contributed by atoms with Gasteiger partial charge in [0.2, 0.25) is 0 Å². The van der Waals surface area contributed by atoms with E-state index in [0.29, 0.717) is 17.6 Å². The quantitative estimate of drug-likeness (QED) is 0.815. The van der Waals surface area contributed by atoms with Crippen molar-refractivity contribution in [2.45, 2.75) is 52.2 Å². The van der Waals surface area contributed by atoms with Gasteiger partial charge < -0.3 is 15.0 Å². The summed E-state index contributed by atoms with van der Waals surface area (Å²) in [6, 6.07) is 0.626. The maximum absolute atomic E-state index is 5.70. The van der Waals surface area contributed by atoms with Crippen molar-refractivity contribution >= 4 is 0 Å². The standard InChI is InChI=1S/C14H28N2O/c1-14(2,3)13-11-16(9-7-15-13)8-6-12-5-4-10-17-12/h12-13,15H,4-11H2,1-3H3. The summed E-state index contributed by atoms with van der Waals surface area (Å²) in [6.07, 6.45) is 4.29. The number of rotatable bonds is 3. The fourth-order valence-electron chi connectivity index (χ4n) is 2.79. The first-order valence-corrected chi connectivity index (χ1v) is 7.13. The average molecular weight is 240 g/mol. The molecule has 100 valence electrons. The molecule has 0 spiro atoms. The van der Waals surface area contributed by atoms with Crippen molar-refractivity contribution in [2.24, 2.45) is 5.41 Å². The Balaban J connectivity index is 1.73. The van der Waals surface area contributed by atoms with Gasteiger partial charge in [0, 0.05) is 38.8 Å². The normalized spacial score (nSPS) is 31.9. The van der Waals surface area contributed by atoms with Crippen LogP contribution in [-0.4, -0.2) is 49.8 Å². The van der Waals surface area contributed by atoms with Gasteiger partial charge in [-0.15, -0.1) is 0 Å². The number of nitrogens with zero attached hydrogens (tertiary/aromatic N) is 1. The molecule has 2 unspecified atom stereocenters. The lowest BCUT2D eigenvalue weighted by atomic mass is 9.85. The third-order valence-corrected chi connectivity index (χ3v) is 4.10. The zero-order valence-electron chi connectivity index (χ0n) is 11.7. The highest BCUT2D eigenvalue weighted by Crippen LogP contribution is 2.22. The molecule has 2 aliphatic rings. The lowest BCUT2D eigenvalue weighted by molar-refractivity contribution is 0.0781. The first kappa shape index (κ1) is 13.3. The first-order chi connectivity index (χ1) is 8.05. The monoisotopic (exact) mass is 240 g/mol. The van der Waals surface area contributed by atoms with E-state index in [1.165, 1.54) is 38.9 Å². The summed E-state index contributed by atoms with van der Waals surface area (Å²) < 4.78 is 5.70. The summed E-state index contributed by atoms with van der Waals surface area (Å²) in [7, 11) is 0. The molecule has 3 nitrogen and oxygen atoms in total. The van der Waals surface area contributed by atoms with Gasteiger partial charge >= 0.3 is 0 Å². The summed E-state index contributed by atoms with van der Waals surface area (Å²) in [5.74, 6) is 0. The molecule has 0 aliphatic carbocycles. The fraction of sp³-hybridized carbons (Fsp3) is 1.00. The van der Waals surface area contributed by atoms with Crippen molar-refractivity contribution in [1.29, 1.82) is 0 Å². The van der Waals surface area contributed by atoms with E-state index in [1.807, 2.05) is 0 Å². The lowest BCUT2D eigenvalue weighted by Crippen LogP contribution is -2.56. The Morgan fingerprint density at radius 2 is 2.18 bits per heavy atom. The Kier molecular flexibility index (Phi) is 4.45. The Hall–Kier alpha value is -0.120. The molecule has 2 atom stereocenters. The molecule has 0 saturated carbocycles. The van der Waals surface area contributed by atoms with E-state index in [-0.39, 0.29) is 0 Å². The van der Waals surface area contributed by atoms with Crippen LogP contribution in [0.4, 0.5) is 0 Å². The van der Waals surface area contributed by atoms with Crippen LogP contribution in [0.15, 0.2) is 0 Å². The largest absolute Gasteiger partial charge is 0.378 e. The number of hydrogen-bond donors (Lipinski definition) is 1. The van der Waals surface area contributed by atoms with Gasteiger partial charge in [-0.25, -0.2) is 0 Å². The third kappa shape index (κ3) is 3.94. The molecule has 1 N–H and O–H groups in total. The molecular weight excluding hydrogens is 212 g/mol. The molecule has 2 heterocycles. The van der Waals surface area contributed by atoms with Crippen LogP contribution in [0.2, 0.25) is 0 Å². The summed E-state index contributed by atoms with van der Waals surface area (Å²) in [5.41, 5.74) is 0.364. The summed E-state index contributed by atoms with van der Waals surface area (Å²) in [6.45, 7) is 12.7. The zero-order valence-corrected chi connectivity index (χ0v) is 11.7. The second kappa shape index (κ2) is 5.68. The summed E-state index contributed by atoms with van der Waals surface area (Å²) in [5, 5.41) is 3.64. The minimum absolute atomic E-state index is 0.364. The van der Waals surface area contributed by atoms with Crippen LogP contribution >= 0.6 is 0 Å². The number of nitrogens with one attached hydrogen (secondary N) is 1. The highest BCUT2D eigenvalue weighted by atomic mass is 16.5. The van der Waals surface area contributed by atoms with E-state index in [2.05, 4.69) is 31.0 Å². The van der Waals surface area contributed by atoms with Crippen LogP contribution < -0.4 is 5.32 Å². The van der Waals surface area contributed by atoms with Gasteiger partial charge in [0.15, 0.2) is 0 Å². The van der Waals surface area contributed by atoms with Gasteiger partial charge in [-0.05, 0) is 24.7 Å². The fourth-order valence-corrected chi connectivity index (χ4v) is 2.79. The Morgan fingerprint density at radius 3 is 2.82 bits per heavy atom. The molecule has 0 aromatic carbocycles. The molecule has 3 heteroatoms. The van der Waals surface area contributed by atoms with Crippen LogP contribution in [0.1, 0.15) is 40.0 Å². The van der Waals surface area contributed by atoms with E-state index >= 15 is 0 Å². The smallest absolute Gasteiger partial charge is 0.0588 e. The van der Waals surface area contributed by atoms with E-state index in [9.17, 15) is 0 Å². The SMILES string of the molecule is CC(C)(C)C1CN(CCC2CCCO2)CCN1. The second-order valence-corrected chi connectivity index (χ2v) is 6.60. The molecule has 0 aromatic rings. The lowest BCUT2D eigenvalue weighted by Gasteiger charge is -2.40. The van der Waals surface area contributed by atoms with E-state index < -0.39 is 0 Å². The molecule has 0 bridgehead atoms. The van der Waals surface area contributed by atoms with E-state index in [0.717, 1.165) is 13.2 Å². The van der Waals surface area contributed by atoms with Crippen molar-refractivity contribution in [2.75, 3.05) is 32.8 Å². The van der Waals surface area contributed by atoms with Crippen LogP contribution in [0, 0.1) is 5.41 Å². The molecule has 0 radical (unpaired) electrons. The topological polar surface area (TPSA) is 24.5 Å². The number of piperazine rings is 1. The van der Waals surface area contributed by atoms with Gasteiger partial charge in [0.25, 0.3) is 0 Å². The molecule has 17 heavy (non-hydrogen) atoms. The average Bonchev–Trinajstić information content (AvgIpc) is 2.78. The van der Waals surface area contributed by atoms with Crippen LogP contribution in [0.5, 0.6) is 0 Å². The Morgan fingerprint density at radius 1 is 1.35 bits per heavy atom. The maximum atomic E-state index is 5.70. The predicted molar refractivity (Wildman–Crippen MR) is 71.3 cm³/mol. The van der Waals surface area contributed by atoms with Crippen LogP contribution in [-0.2, 0) is 4.74 Å². The molecule has 2 fully saturated rings. The Bertz CT molecular complexity index is 231. The number of hydrogen-bond acceptors (Lipinski definition) is 3. The minimum Gasteiger partial charge on any atom is -0.378 e. The van der Waals surface area contributed by atoms with E-state index in [1.54, 1.807) is 0 Å². The highest BCUT2D eigenvalue weighted by molar-refractivity contribution is 4.87. The van der Waals surface area contributed by atoms with Crippen molar-refractivity contribution < 1.29 is 4.74 Å². The third-order valence-electron chi connectivity index (χ3n) is 4.10. The molecule has 2 saturated heterocycles. The van der Waals surface area contributed by atoms with E-state index in [4.69, 9.17) is 4.74 Å². The second-order valence-electron chi connectivity index (χ2n) is 6.60. The summed E-state index contributed by atoms with van der Waals surface area (Å²) >= 11 is 0. The van der Waals surface area contributed by atoms with Crippen molar-refractivity contribution in [3.8, 4) is 0 Å². The van der Waals surface area contributed by atoms with Gasteiger partial charge in [0.05, 0.1) is 6.10 Å². The van der Waals surface area contributed by atoms with Crippen molar-refractivity contribution in [3.05, 3.63) is 0 Å². The minimum atomic E-state index is 0.364. The van der Waals surface area contributed by atoms with Crippen LogP contribution in [0.25, 0.3) is 0 Å². The van der Waals surface area contributed by atoms with Gasteiger partial charge in [-0.3, -0.25) is 0 Å². The molecule has 0 aromatic heterocycles. The molecule has 2 rings (SSSR count). The van der Waals surface area contributed by atoms with Crippen molar-refractivity contribution in [1.82, 2.24) is 10.2 Å². The first-order valence-electron chi connectivity index (χ1n) is 7.13.